The molecule has 0 bridgehead atoms. The van der Waals surface area contributed by atoms with Crippen LogP contribution >= 0.6 is 15.9 Å². The third-order valence-electron chi connectivity index (χ3n) is 2.46. The van der Waals surface area contributed by atoms with Crippen molar-refractivity contribution >= 4 is 21.8 Å². The molecular weight excluding hydrogens is 289 g/mol. The highest BCUT2D eigenvalue weighted by molar-refractivity contribution is 9.10. The van der Waals surface area contributed by atoms with E-state index in [1.54, 1.807) is 19.2 Å². The first kappa shape index (κ1) is 14.1. The molecule has 0 saturated heterocycles. The lowest BCUT2D eigenvalue weighted by Crippen LogP contribution is -2.36. The van der Waals surface area contributed by atoms with Crippen LogP contribution in [-0.2, 0) is 11.2 Å². The highest BCUT2D eigenvalue weighted by Gasteiger charge is 2.14. The molecule has 1 unspecified atom stereocenters. The lowest BCUT2D eigenvalue weighted by Gasteiger charge is -2.18. The normalized spacial score (nSPS) is 12.3. The monoisotopic (exact) mass is 303 g/mol. The van der Waals surface area contributed by atoms with Crippen LogP contribution in [0, 0.1) is 5.82 Å². The fraction of sp³-hybridized carbons (Fsp3) is 0.417. The standard InChI is InChI=1S/C12H15BrFNO2/c1-8(16)12(17)15(2)6-5-9-7-10(13)3-4-11(9)14/h3-4,7-8,16H,5-6H2,1-2H3. The number of nitrogens with zero attached hydrogens (tertiary/aromatic N) is 1. The quantitative estimate of drug-likeness (QED) is 0.924. The number of benzene rings is 1. The Morgan fingerprint density at radius 2 is 2.24 bits per heavy atom. The van der Waals surface area contributed by atoms with Crippen LogP contribution in [0.2, 0.25) is 0 Å². The van der Waals surface area contributed by atoms with Crippen LogP contribution in [0.15, 0.2) is 22.7 Å². The highest BCUT2D eigenvalue weighted by Crippen LogP contribution is 2.16. The first-order valence-corrected chi connectivity index (χ1v) is 6.08. The van der Waals surface area contributed by atoms with Crippen molar-refractivity contribution in [1.29, 1.82) is 0 Å². The number of rotatable bonds is 4. The van der Waals surface area contributed by atoms with E-state index in [0.29, 0.717) is 18.5 Å². The first-order valence-electron chi connectivity index (χ1n) is 5.28. The second-order valence-electron chi connectivity index (χ2n) is 3.92. The van der Waals surface area contributed by atoms with Crippen molar-refractivity contribution in [3.8, 4) is 0 Å². The van der Waals surface area contributed by atoms with E-state index in [0.717, 1.165) is 4.47 Å². The Kier molecular flexibility index (Phi) is 5.08. The van der Waals surface area contributed by atoms with Crippen LogP contribution in [0.1, 0.15) is 12.5 Å². The number of likely N-dealkylation sites (N-methyl/N-ethyl adjacent to an activating group) is 1. The van der Waals surface area contributed by atoms with Gasteiger partial charge in [-0.1, -0.05) is 15.9 Å². The number of hydrogen-bond acceptors (Lipinski definition) is 2. The number of hydrogen-bond donors (Lipinski definition) is 1. The summed E-state index contributed by atoms with van der Waals surface area (Å²) in [6, 6.07) is 4.70. The van der Waals surface area contributed by atoms with Crippen molar-refractivity contribution in [3.63, 3.8) is 0 Å². The van der Waals surface area contributed by atoms with Crippen LogP contribution in [0.4, 0.5) is 4.39 Å². The van der Waals surface area contributed by atoms with Crippen LogP contribution in [-0.4, -0.2) is 35.6 Å². The Morgan fingerprint density at radius 1 is 1.59 bits per heavy atom. The summed E-state index contributed by atoms with van der Waals surface area (Å²) in [7, 11) is 1.59. The molecular formula is C12H15BrFNO2. The van der Waals surface area contributed by atoms with Crippen molar-refractivity contribution < 1.29 is 14.3 Å². The molecule has 1 aromatic rings. The lowest BCUT2D eigenvalue weighted by molar-refractivity contribution is -0.137. The van der Waals surface area contributed by atoms with E-state index in [1.807, 2.05) is 0 Å². The highest BCUT2D eigenvalue weighted by atomic mass is 79.9. The Labute approximate surface area is 108 Å². The summed E-state index contributed by atoms with van der Waals surface area (Å²) in [6.45, 7) is 1.79. The number of carbonyl (C=O) groups is 1. The molecule has 0 heterocycles. The number of aliphatic hydroxyl groups excluding tert-OH is 1. The molecule has 1 aromatic carbocycles. The van der Waals surface area contributed by atoms with Gasteiger partial charge in [0.1, 0.15) is 11.9 Å². The molecule has 94 valence electrons. The molecule has 1 N–H and O–H groups in total. The van der Waals surface area contributed by atoms with Gasteiger partial charge in [-0.25, -0.2) is 4.39 Å². The van der Waals surface area contributed by atoms with Crippen molar-refractivity contribution in [3.05, 3.63) is 34.1 Å². The van der Waals surface area contributed by atoms with Crippen LogP contribution in [0.25, 0.3) is 0 Å². The van der Waals surface area contributed by atoms with Gasteiger partial charge in [-0.3, -0.25) is 4.79 Å². The number of carbonyl (C=O) groups excluding carboxylic acids is 1. The molecule has 0 spiro atoms. The smallest absolute Gasteiger partial charge is 0.250 e. The molecule has 5 heteroatoms. The lowest BCUT2D eigenvalue weighted by atomic mass is 10.1. The topological polar surface area (TPSA) is 40.5 Å². The fourth-order valence-corrected chi connectivity index (χ4v) is 1.86. The van der Waals surface area contributed by atoms with Crippen molar-refractivity contribution in [1.82, 2.24) is 4.90 Å². The van der Waals surface area contributed by atoms with Gasteiger partial charge in [0.25, 0.3) is 5.91 Å². The fourth-order valence-electron chi connectivity index (χ4n) is 1.45. The Bertz CT molecular complexity index is 409. The molecule has 17 heavy (non-hydrogen) atoms. The second kappa shape index (κ2) is 6.12. The van der Waals surface area contributed by atoms with Crippen LogP contribution in [0.3, 0.4) is 0 Å². The second-order valence-corrected chi connectivity index (χ2v) is 4.84. The van der Waals surface area contributed by atoms with Gasteiger partial charge in [0.15, 0.2) is 0 Å². The maximum absolute atomic E-state index is 13.4. The van der Waals surface area contributed by atoms with Gasteiger partial charge in [0.2, 0.25) is 0 Å². The SMILES string of the molecule is CC(O)C(=O)N(C)CCc1cc(Br)ccc1F. The van der Waals surface area contributed by atoms with Gasteiger partial charge in [-0.2, -0.15) is 0 Å². The predicted octanol–water partition coefficient (Wildman–Crippen LogP) is 1.97. The van der Waals surface area contributed by atoms with Gasteiger partial charge in [0, 0.05) is 18.1 Å². The summed E-state index contributed by atoms with van der Waals surface area (Å²) in [5.74, 6) is -0.647. The minimum atomic E-state index is -1.02. The first-order chi connectivity index (χ1) is 7.91. The molecule has 1 rings (SSSR count). The average Bonchev–Trinajstić information content (AvgIpc) is 2.28. The minimum Gasteiger partial charge on any atom is -0.384 e. The zero-order valence-electron chi connectivity index (χ0n) is 9.78. The van der Waals surface area contributed by atoms with E-state index in [-0.39, 0.29) is 11.7 Å². The Hall–Kier alpha value is -0.940. The summed E-state index contributed by atoms with van der Waals surface area (Å²) < 4.78 is 14.2. The summed E-state index contributed by atoms with van der Waals surface area (Å²) >= 11 is 3.27. The summed E-state index contributed by atoms with van der Waals surface area (Å²) in [5, 5.41) is 9.11. The van der Waals surface area contributed by atoms with E-state index in [4.69, 9.17) is 5.11 Å². The molecule has 3 nitrogen and oxygen atoms in total. The zero-order chi connectivity index (χ0) is 13.0. The van der Waals surface area contributed by atoms with Gasteiger partial charge in [0.05, 0.1) is 0 Å². The molecule has 0 saturated carbocycles. The zero-order valence-corrected chi connectivity index (χ0v) is 11.4. The van der Waals surface area contributed by atoms with E-state index in [2.05, 4.69) is 15.9 Å². The number of halogens is 2. The molecule has 0 aromatic heterocycles. The molecule has 0 aliphatic carbocycles. The Balaban J connectivity index is 2.61. The van der Waals surface area contributed by atoms with E-state index >= 15 is 0 Å². The average molecular weight is 304 g/mol. The van der Waals surface area contributed by atoms with Gasteiger partial charge < -0.3 is 10.0 Å². The van der Waals surface area contributed by atoms with Gasteiger partial charge >= 0.3 is 0 Å². The largest absolute Gasteiger partial charge is 0.384 e. The van der Waals surface area contributed by atoms with E-state index in [9.17, 15) is 9.18 Å². The summed E-state index contributed by atoms with van der Waals surface area (Å²) in [5.41, 5.74) is 0.546. The molecule has 0 aliphatic heterocycles. The maximum atomic E-state index is 13.4. The summed E-state index contributed by atoms with van der Waals surface area (Å²) in [4.78, 5) is 12.8. The third-order valence-corrected chi connectivity index (χ3v) is 2.95. The van der Waals surface area contributed by atoms with Crippen molar-refractivity contribution in [2.75, 3.05) is 13.6 Å². The third kappa shape index (κ3) is 4.09. The van der Waals surface area contributed by atoms with Gasteiger partial charge in [-0.15, -0.1) is 0 Å². The molecule has 0 fully saturated rings. The molecule has 0 radical (unpaired) electrons. The van der Waals surface area contributed by atoms with E-state index in [1.165, 1.54) is 17.9 Å². The van der Waals surface area contributed by atoms with Crippen molar-refractivity contribution in [2.45, 2.75) is 19.4 Å². The number of aliphatic hydroxyl groups is 1. The molecule has 1 amide bonds. The minimum absolute atomic E-state index is 0.286. The summed E-state index contributed by atoms with van der Waals surface area (Å²) in [6.07, 6.45) is -0.604. The van der Waals surface area contributed by atoms with Crippen LogP contribution < -0.4 is 0 Å². The molecule has 1 atom stereocenters. The van der Waals surface area contributed by atoms with E-state index < -0.39 is 6.10 Å². The molecule has 0 aliphatic rings. The van der Waals surface area contributed by atoms with Crippen LogP contribution in [0.5, 0.6) is 0 Å². The number of amides is 1. The maximum Gasteiger partial charge on any atom is 0.250 e. The van der Waals surface area contributed by atoms with Gasteiger partial charge in [-0.05, 0) is 37.1 Å². The van der Waals surface area contributed by atoms with Crippen molar-refractivity contribution in [2.24, 2.45) is 0 Å². The predicted molar refractivity (Wildman–Crippen MR) is 67.1 cm³/mol. The Morgan fingerprint density at radius 3 is 2.82 bits per heavy atom.